The van der Waals surface area contributed by atoms with Crippen LogP contribution < -0.4 is 0 Å². The van der Waals surface area contributed by atoms with E-state index in [1.807, 2.05) is 19.9 Å². The summed E-state index contributed by atoms with van der Waals surface area (Å²) in [6.07, 6.45) is 4.80. The van der Waals surface area contributed by atoms with Crippen molar-refractivity contribution in [2.24, 2.45) is 39.9 Å². The Hall–Kier alpha value is -3.43. The van der Waals surface area contributed by atoms with Gasteiger partial charge in [0.15, 0.2) is 0 Å². The van der Waals surface area contributed by atoms with Gasteiger partial charge in [-0.3, -0.25) is 24.0 Å². The van der Waals surface area contributed by atoms with E-state index in [0.29, 0.717) is 12.8 Å². The summed E-state index contributed by atoms with van der Waals surface area (Å²) < 4.78 is 27.7. The minimum Gasteiger partial charge on any atom is -0.472 e. The lowest BCUT2D eigenvalue weighted by Crippen LogP contribution is -2.68. The van der Waals surface area contributed by atoms with Crippen LogP contribution in [0.25, 0.3) is 0 Å². The highest BCUT2D eigenvalue weighted by molar-refractivity contribution is 5.94. The van der Waals surface area contributed by atoms with Gasteiger partial charge in [-0.2, -0.15) is 0 Å². The second-order valence-electron chi connectivity index (χ2n) is 12.8. The molecule has 1 aliphatic heterocycles. The molecule has 9 atom stereocenters. The maximum absolute atomic E-state index is 14.4. The fourth-order valence-corrected chi connectivity index (χ4v) is 8.59. The van der Waals surface area contributed by atoms with Crippen molar-refractivity contribution in [1.82, 2.24) is 0 Å². The van der Waals surface area contributed by atoms with Gasteiger partial charge in [-0.1, -0.05) is 32.4 Å². The zero-order valence-electron chi connectivity index (χ0n) is 24.4. The van der Waals surface area contributed by atoms with Crippen LogP contribution in [0, 0.1) is 39.9 Å². The molecule has 10 heteroatoms. The first-order valence-electron chi connectivity index (χ1n) is 14.1. The summed E-state index contributed by atoms with van der Waals surface area (Å²) >= 11 is 0. The van der Waals surface area contributed by atoms with E-state index in [-0.39, 0.29) is 43.0 Å². The molecular weight excluding hydrogens is 532 g/mol. The number of carbonyl (C=O) groups excluding carboxylic acids is 5. The molecular formula is C31H38O10. The first-order chi connectivity index (χ1) is 19.3. The molecule has 0 radical (unpaired) electrons. The number of cyclic esters (lactones) is 1. The van der Waals surface area contributed by atoms with Gasteiger partial charge in [-0.05, 0) is 36.7 Å². The largest absolute Gasteiger partial charge is 0.472 e. The number of Topliss-reactive ketones (excluding diaryl/α,β-unsaturated/α-hetero) is 1. The Labute approximate surface area is 239 Å². The molecule has 3 fully saturated rings. The molecule has 1 aromatic heterocycles. The number of ketones is 1. The zero-order valence-corrected chi connectivity index (χ0v) is 24.4. The maximum atomic E-state index is 14.4. The van der Waals surface area contributed by atoms with Gasteiger partial charge in [-0.15, -0.1) is 0 Å². The number of fused-ring (bicyclic) bond motifs is 6. The summed E-state index contributed by atoms with van der Waals surface area (Å²) in [5, 5.41) is 0. The van der Waals surface area contributed by atoms with E-state index >= 15 is 0 Å². The zero-order chi connectivity index (χ0) is 29.9. The SMILES string of the molecule is COC(=O)CC1C(C)(COC(C)=O)C(OC(C)=O)C2C=C3C4CC(=O)OC(c5ccoc5)C4(C)CCC3C1(C)C2=O. The molecule has 0 amide bonds. The fourth-order valence-electron chi connectivity index (χ4n) is 8.59. The molecule has 222 valence electrons. The third kappa shape index (κ3) is 4.41. The van der Waals surface area contributed by atoms with Gasteiger partial charge in [0, 0.05) is 35.7 Å². The molecule has 1 aromatic rings. The van der Waals surface area contributed by atoms with E-state index < -0.39 is 58.2 Å². The van der Waals surface area contributed by atoms with Crippen LogP contribution in [0.4, 0.5) is 0 Å². The van der Waals surface area contributed by atoms with Crippen LogP contribution in [-0.2, 0) is 42.9 Å². The summed E-state index contributed by atoms with van der Waals surface area (Å²) in [5.74, 6) is -4.16. The molecule has 0 aromatic carbocycles. The number of carbonyl (C=O) groups is 5. The van der Waals surface area contributed by atoms with Crippen molar-refractivity contribution >= 4 is 29.7 Å². The van der Waals surface area contributed by atoms with Crippen molar-refractivity contribution in [3.63, 3.8) is 0 Å². The Balaban J connectivity index is 1.69. The van der Waals surface area contributed by atoms with Crippen LogP contribution in [0.5, 0.6) is 0 Å². The highest BCUT2D eigenvalue weighted by Gasteiger charge is 2.70. The minimum absolute atomic E-state index is 0.125. The maximum Gasteiger partial charge on any atom is 0.307 e. The van der Waals surface area contributed by atoms with Crippen LogP contribution in [0.15, 0.2) is 34.7 Å². The van der Waals surface area contributed by atoms with Gasteiger partial charge in [0.2, 0.25) is 0 Å². The van der Waals surface area contributed by atoms with E-state index in [9.17, 15) is 24.0 Å². The summed E-state index contributed by atoms with van der Waals surface area (Å²) in [6, 6.07) is 1.80. The van der Waals surface area contributed by atoms with Crippen LogP contribution in [0.3, 0.4) is 0 Å². The first-order valence-corrected chi connectivity index (χ1v) is 14.1. The molecule has 4 aliphatic rings. The number of furan rings is 1. The van der Waals surface area contributed by atoms with Crippen molar-refractivity contribution < 1.29 is 47.3 Å². The van der Waals surface area contributed by atoms with Crippen LogP contribution in [-0.4, -0.2) is 49.5 Å². The molecule has 3 aliphatic carbocycles. The van der Waals surface area contributed by atoms with Crippen molar-refractivity contribution in [1.29, 1.82) is 0 Å². The van der Waals surface area contributed by atoms with Gasteiger partial charge in [0.1, 0.15) is 24.6 Å². The second kappa shape index (κ2) is 10.1. The molecule has 2 saturated carbocycles. The van der Waals surface area contributed by atoms with E-state index in [1.54, 1.807) is 18.6 Å². The summed E-state index contributed by atoms with van der Waals surface area (Å²) in [5.41, 5.74) is -0.897. The van der Waals surface area contributed by atoms with E-state index in [2.05, 4.69) is 6.92 Å². The molecule has 10 nitrogen and oxygen atoms in total. The number of rotatable bonds is 6. The predicted molar refractivity (Wildman–Crippen MR) is 142 cm³/mol. The molecule has 0 spiro atoms. The van der Waals surface area contributed by atoms with Crippen molar-refractivity contribution in [2.75, 3.05) is 13.7 Å². The highest BCUT2D eigenvalue weighted by atomic mass is 16.6. The smallest absolute Gasteiger partial charge is 0.307 e. The van der Waals surface area contributed by atoms with Crippen molar-refractivity contribution in [3.8, 4) is 0 Å². The molecule has 9 unspecified atom stereocenters. The Morgan fingerprint density at radius 1 is 1.07 bits per heavy atom. The lowest BCUT2D eigenvalue weighted by atomic mass is 9.40. The average Bonchev–Trinajstić information content (AvgIpc) is 3.45. The summed E-state index contributed by atoms with van der Waals surface area (Å²) in [6.45, 7) is 8.20. The molecule has 5 rings (SSSR count). The average molecular weight is 571 g/mol. The van der Waals surface area contributed by atoms with E-state index in [1.165, 1.54) is 21.0 Å². The van der Waals surface area contributed by atoms with Gasteiger partial charge < -0.3 is 23.4 Å². The van der Waals surface area contributed by atoms with Crippen molar-refractivity contribution in [3.05, 3.63) is 35.8 Å². The third-order valence-corrected chi connectivity index (χ3v) is 10.5. The quantitative estimate of drug-likeness (QED) is 0.279. The summed E-state index contributed by atoms with van der Waals surface area (Å²) in [7, 11) is 1.28. The topological polar surface area (TPSA) is 135 Å². The number of hydrogen-bond donors (Lipinski definition) is 0. The summed E-state index contributed by atoms with van der Waals surface area (Å²) in [4.78, 5) is 64.7. The standard InChI is InChI=1S/C31H38O10/c1-16(32)39-15-30(4)23(13-24(34)37-6)31(5)21-7-9-29(3)22(12-25(35)41-27(29)18-8-10-38-14-18)19(21)11-20(26(31)36)28(30)40-17(2)33/h8,10-11,14,20-23,27-28H,7,9,12-13,15H2,1-6H3. The predicted octanol–water partition coefficient (Wildman–Crippen LogP) is 4.13. The molecule has 41 heavy (non-hydrogen) atoms. The molecule has 1 saturated heterocycles. The van der Waals surface area contributed by atoms with Crippen LogP contribution in [0.2, 0.25) is 0 Å². The third-order valence-electron chi connectivity index (χ3n) is 10.5. The lowest BCUT2D eigenvalue weighted by molar-refractivity contribution is -0.206. The van der Waals surface area contributed by atoms with Crippen LogP contribution >= 0.6 is 0 Å². The van der Waals surface area contributed by atoms with Gasteiger partial charge >= 0.3 is 23.9 Å². The van der Waals surface area contributed by atoms with Gasteiger partial charge in [0.05, 0.1) is 38.4 Å². The number of esters is 4. The number of hydrogen-bond acceptors (Lipinski definition) is 10. The number of methoxy groups -OCH3 is 1. The molecule has 0 N–H and O–H groups in total. The van der Waals surface area contributed by atoms with Crippen LogP contribution in [0.1, 0.15) is 72.0 Å². The first kappa shape index (κ1) is 29.1. The van der Waals surface area contributed by atoms with Gasteiger partial charge in [0.25, 0.3) is 0 Å². The van der Waals surface area contributed by atoms with Gasteiger partial charge in [-0.25, -0.2) is 0 Å². The fraction of sp³-hybridized carbons (Fsp3) is 0.645. The Morgan fingerprint density at radius 3 is 2.41 bits per heavy atom. The normalized spacial score (nSPS) is 39.4. The highest BCUT2D eigenvalue weighted by Crippen LogP contribution is 2.68. The Bertz CT molecular complexity index is 1300. The number of allylic oxidation sites excluding steroid dienone is 1. The monoisotopic (exact) mass is 570 g/mol. The Kier molecular flexibility index (Phi) is 7.19. The lowest BCUT2D eigenvalue weighted by Gasteiger charge is -2.64. The molecule has 2 heterocycles. The van der Waals surface area contributed by atoms with E-state index in [4.69, 9.17) is 23.4 Å². The minimum atomic E-state index is -1.08. The Morgan fingerprint density at radius 2 is 1.80 bits per heavy atom. The number of ether oxygens (including phenoxy) is 4. The second-order valence-corrected chi connectivity index (χ2v) is 12.8. The van der Waals surface area contributed by atoms with Crippen molar-refractivity contribution in [2.45, 2.75) is 72.5 Å². The van der Waals surface area contributed by atoms with E-state index in [0.717, 1.165) is 11.1 Å². The molecule has 2 bridgehead atoms.